The van der Waals surface area contributed by atoms with Crippen LogP contribution >= 0.6 is 0 Å². The summed E-state index contributed by atoms with van der Waals surface area (Å²) < 4.78 is 25.4. The van der Waals surface area contributed by atoms with E-state index in [2.05, 4.69) is 0 Å². The van der Waals surface area contributed by atoms with Gasteiger partial charge in [0.15, 0.2) is 11.9 Å². The van der Waals surface area contributed by atoms with Crippen molar-refractivity contribution >= 4 is 5.91 Å². The van der Waals surface area contributed by atoms with Crippen molar-refractivity contribution in [2.45, 2.75) is 24.9 Å². The molecular formula is C15H16FNO3. The molecule has 1 amide bonds. The Morgan fingerprint density at radius 1 is 1.40 bits per heavy atom. The maximum absolute atomic E-state index is 14.5. The number of alkyl halides is 1. The van der Waals surface area contributed by atoms with Crippen molar-refractivity contribution in [2.75, 3.05) is 13.7 Å². The van der Waals surface area contributed by atoms with Crippen LogP contribution in [0.4, 0.5) is 4.39 Å². The fourth-order valence-corrected chi connectivity index (χ4v) is 3.78. The van der Waals surface area contributed by atoms with Gasteiger partial charge in [-0.2, -0.15) is 0 Å². The molecule has 5 unspecified atom stereocenters. The molecule has 5 heteroatoms. The van der Waals surface area contributed by atoms with E-state index >= 15 is 0 Å². The van der Waals surface area contributed by atoms with Crippen LogP contribution in [0.25, 0.3) is 0 Å². The summed E-state index contributed by atoms with van der Waals surface area (Å²) in [5.41, 5.74) is -0.779. The molecule has 1 aromatic carbocycles. The number of nitrogens with zero attached hydrogens (tertiary/aromatic N) is 1. The Hall–Kier alpha value is -1.62. The number of halogens is 1. The fourth-order valence-electron chi connectivity index (χ4n) is 3.78. The summed E-state index contributed by atoms with van der Waals surface area (Å²) in [7, 11) is 1.60. The van der Waals surface area contributed by atoms with Crippen LogP contribution < -0.4 is 4.74 Å². The first-order chi connectivity index (χ1) is 9.59. The molecule has 20 heavy (non-hydrogen) atoms. The van der Waals surface area contributed by atoms with Crippen LogP contribution in [0.1, 0.15) is 18.7 Å². The number of hydrogen-bond donors (Lipinski definition) is 0. The summed E-state index contributed by atoms with van der Waals surface area (Å²) in [4.78, 5) is 13.9. The number of carbonyl (C=O) groups is 1. The molecule has 1 aromatic rings. The van der Waals surface area contributed by atoms with E-state index in [1.54, 1.807) is 18.9 Å². The number of piperidine rings is 1. The molecule has 0 N–H and O–H groups in total. The first-order valence-electron chi connectivity index (χ1n) is 6.86. The molecule has 0 aromatic heterocycles. The van der Waals surface area contributed by atoms with E-state index in [0.717, 1.165) is 11.3 Å². The lowest BCUT2D eigenvalue weighted by molar-refractivity contribution is -0.142. The second-order valence-electron chi connectivity index (χ2n) is 5.82. The van der Waals surface area contributed by atoms with Crippen LogP contribution in [0, 0.1) is 11.8 Å². The standard InChI is InChI=1S/C15H16FNO3/c1-8-12-11-7-20-13(17(11)14(18)15(8,12)16)9-3-5-10(19-2)6-4-9/h3-6,8,11-13H,7H2,1-2H3. The molecule has 0 radical (unpaired) electrons. The van der Waals surface area contributed by atoms with Crippen LogP contribution in [0.15, 0.2) is 24.3 Å². The van der Waals surface area contributed by atoms with Gasteiger partial charge in [-0.15, -0.1) is 0 Å². The molecule has 1 saturated carbocycles. The van der Waals surface area contributed by atoms with Crippen molar-refractivity contribution in [3.8, 4) is 5.75 Å². The predicted molar refractivity (Wildman–Crippen MR) is 68.8 cm³/mol. The molecule has 1 aliphatic carbocycles. The van der Waals surface area contributed by atoms with Crippen molar-refractivity contribution in [3.05, 3.63) is 29.8 Å². The van der Waals surface area contributed by atoms with E-state index in [0.29, 0.717) is 6.61 Å². The highest BCUT2D eigenvalue weighted by Crippen LogP contribution is 2.65. The topological polar surface area (TPSA) is 38.8 Å². The number of methoxy groups -OCH3 is 1. The molecule has 4 nitrogen and oxygen atoms in total. The molecule has 2 heterocycles. The zero-order valence-corrected chi connectivity index (χ0v) is 11.4. The molecule has 5 atom stereocenters. The lowest BCUT2D eigenvalue weighted by atomic mass is 10.1. The maximum atomic E-state index is 14.5. The van der Waals surface area contributed by atoms with Crippen molar-refractivity contribution < 1.29 is 18.7 Å². The van der Waals surface area contributed by atoms with Crippen molar-refractivity contribution in [1.29, 1.82) is 0 Å². The number of carbonyl (C=O) groups excluding carboxylic acids is 1. The normalized spacial score (nSPS) is 41.5. The Labute approximate surface area is 116 Å². The van der Waals surface area contributed by atoms with Gasteiger partial charge in [0.05, 0.1) is 19.8 Å². The number of amides is 1. The molecule has 0 bridgehead atoms. The molecule has 2 saturated heterocycles. The first kappa shape index (κ1) is 12.1. The smallest absolute Gasteiger partial charge is 0.263 e. The predicted octanol–water partition coefficient (Wildman–Crippen LogP) is 1.91. The zero-order valence-electron chi connectivity index (χ0n) is 11.4. The van der Waals surface area contributed by atoms with Crippen LogP contribution in [0.2, 0.25) is 0 Å². The van der Waals surface area contributed by atoms with Crippen LogP contribution in [0.5, 0.6) is 5.75 Å². The van der Waals surface area contributed by atoms with E-state index in [-0.39, 0.29) is 17.9 Å². The minimum absolute atomic E-state index is 0.116. The first-order valence-corrected chi connectivity index (χ1v) is 6.86. The van der Waals surface area contributed by atoms with Gasteiger partial charge >= 0.3 is 0 Å². The van der Waals surface area contributed by atoms with E-state index in [4.69, 9.17) is 9.47 Å². The minimum atomic E-state index is -1.64. The maximum Gasteiger partial charge on any atom is 0.263 e. The molecular weight excluding hydrogens is 261 g/mol. The third-order valence-corrected chi connectivity index (χ3v) is 4.99. The van der Waals surface area contributed by atoms with Gasteiger partial charge in [-0.3, -0.25) is 4.79 Å². The Bertz CT molecular complexity index is 575. The van der Waals surface area contributed by atoms with Crippen LogP contribution in [-0.4, -0.2) is 36.2 Å². The van der Waals surface area contributed by atoms with Gasteiger partial charge in [-0.1, -0.05) is 19.1 Å². The number of ether oxygens (including phenoxy) is 2. The third-order valence-electron chi connectivity index (χ3n) is 4.99. The Morgan fingerprint density at radius 3 is 2.75 bits per heavy atom. The highest BCUT2D eigenvalue weighted by molar-refractivity contribution is 5.93. The van der Waals surface area contributed by atoms with E-state index in [1.807, 2.05) is 24.3 Å². The number of fused-ring (bicyclic) bond motifs is 3. The SMILES string of the molecule is COc1ccc(C2OCC3C4C(C)C4(F)C(=O)N23)cc1. The van der Waals surface area contributed by atoms with Crippen LogP contribution in [0.3, 0.4) is 0 Å². The Morgan fingerprint density at radius 2 is 2.10 bits per heavy atom. The molecule has 106 valence electrons. The Balaban J connectivity index is 1.64. The van der Waals surface area contributed by atoms with Crippen molar-refractivity contribution in [2.24, 2.45) is 11.8 Å². The minimum Gasteiger partial charge on any atom is -0.497 e. The largest absolute Gasteiger partial charge is 0.497 e. The number of hydrogen-bond acceptors (Lipinski definition) is 3. The van der Waals surface area contributed by atoms with Gasteiger partial charge in [0, 0.05) is 17.4 Å². The zero-order chi connectivity index (χ0) is 14.1. The van der Waals surface area contributed by atoms with Crippen molar-refractivity contribution in [1.82, 2.24) is 4.90 Å². The van der Waals surface area contributed by atoms with Crippen molar-refractivity contribution in [3.63, 3.8) is 0 Å². The average molecular weight is 277 g/mol. The number of rotatable bonds is 2. The molecule has 3 fully saturated rings. The lowest BCUT2D eigenvalue weighted by Crippen LogP contribution is -2.38. The molecule has 4 rings (SSSR count). The second-order valence-corrected chi connectivity index (χ2v) is 5.82. The summed E-state index contributed by atoms with van der Waals surface area (Å²) in [6.45, 7) is 2.23. The molecule has 3 aliphatic rings. The molecule has 0 spiro atoms. The van der Waals surface area contributed by atoms with Crippen LogP contribution in [-0.2, 0) is 9.53 Å². The number of benzene rings is 1. The molecule has 2 aliphatic heterocycles. The summed E-state index contributed by atoms with van der Waals surface area (Å²) in [6.07, 6.45) is -0.467. The van der Waals surface area contributed by atoms with E-state index in [1.165, 1.54) is 0 Å². The van der Waals surface area contributed by atoms with Gasteiger partial charge in [0.2, 0.25) is 0 Å². The fraction of sp³-hybridized carbons (Fsp3) is 0.533. The van der Waals surface area contributed by atoms with Gasteiger partial charge in [0.1, 0.15) is 5.75 Å². The lowest BCUT2D eigenvalue weighted by Gasteiger charge is -2.25. The highest BCUT2D eigenvalue weighted by Gasteiger charge is 2.80. The van der Waals surface area contributed by atoms with Gasteiger partial charge in [-0.25, -0.2) is 4.39 Å². The highest BCUT2D eigenvalue weighted by atomic mass is 19.1. The van der Waals surface area contributed by atoms with Gasteiger partial charge < -0.3 is 14.4 Å². The van der Waals surface area contributed by atoms with E-state index < -0.39 is 17.8 Å². The third kappa shape index (κ3) is 1.26. The second kappa shape index (κ2) is 3.73. The quantitative estimate of drug-likeness (QED) is 0.829. The summed E-state index contributed by atoms with van der Waals surface area (Å²) in [5.74, 6) is -0.0273. The van der Waals surface area contributed by atoms with Gasteiger partial charge in [0.25, 0.3) is 5.91 Å². The summed E-state index contributed by atoms with van der Waals surface area (Å²) in [6, 6.07) is 7.24. The van der Waals surface area contributed by atoms with Gasteiger partial charge in [-0.05, 0) is 12.1 Å². The Kier molecular flexibility index (Phi) is 2.26. The van der Waals surface area contributed by atoms with E-state index in [9.17, 15) is 9.18 Å². The average Bonchev–Trinajstić information content (AvgIpc) is 2.80. The summed E-state index contributed by atoms with van der Waals surface area (Å²) in [5, 5.41) is 0. The summed E-state index contributed by atoms with van der Waals surface area (Å²) >= 11 is 0. The monoisotopic (exact) mass is 277 g/mol.